The van der Waals surface area contributed by atoms with E-state index in [4.69, 9.17) is 5.53 Å². The summed E-state index contributed by atoms with van der Waals surface area (Å²) in [5, 5.41) is 3.51. The smallest absolute Gasteiger partial charge is 0.125 e. The molecule has 0 aliphatic heterocycles. The van der Waals surface area contributed by atoms with Crippen LogP contribution in [-0.2, 0) is 11.0 Å². The Balaban J connectivity index is 3.04. The molecule has 1 aromatic carbocycles. The monoisotopic (exact) mass is 238 g/mol. The molecule has 0 fully saturated rings. The van der Waals surface area contributed by atoms with Crippen LogP contribution >= 0.6 is 0 Å². The lowest BCUT2D eigenvalue weighted by molar-refractivity contribution is 0.520. The van der Waals surface area contributed by atoms with Crippen LogP contribution < -0.4 is 4.72 Å². The van der Waals surface area contributed by atoms with Crippen molar-refractivity contribution in [1.29, 1.82) is 0 Å². The van der Waals surface area contributed by atoms with Crippen molar-refractivity contribution in [2.75, 3.05) is 0 Å². The number of hydrogen-bond acceptors (Lipinski definition) is 2. The highest BCUT2D eigenvalue weighted by Gasteiger charge is 2.16. The minimum Gasteiger partial charge on any atom is -0.237 e. The standard InChI is InChI=1S/C10H14N4OS/c1-10(2,3)13-16(15)9-7-5-4-6-8(9)12-14-11/h4-7,13H,1-3H3. The van der Waals surface area contributed by atoms with Gasteiger partial charge >= 0.3 is 0 Å². The van der Waals surface area contributed by atoms with Crippen molar-refractivity contribution < 1.29 is 4.21 Å². The molecule has 86 valence electrons. The summed E-state index contributed by atoms with van der Waals surface area (Å²) in [7, 11) is -1.38. The van der Waals surface area contributed by atoms with Gasteiger partial charge in [-0.3, -0.25) is 0 Å². The third-order valence-corrected chi connectivity index (χ3v) is 3.16. The highest BCUT2D eigenvalue weighted by Crippen LogP contribution is 2.22. The Morgan fingerprint density at radius 3 is 2.56 bits per heavy atom. The Hall–Kier alpha value is -1.36. The van der Waals surface area contributed by atoms with Crippen LogP contribution in [0.4, 0.5) is 5.69 Å². The van der Waals surface area contributed by atoms with E-state index in [0.717, 1.165) is 0 Å². The molecular formula is C10H14N4OS. The van der Waals surface area contributed by atoms with E-state index in [2.05, 4.69) is 14.7 Å². The van der Waals surface area contributed by atoms with Crippen LogP contribution in [0.2, 0.25) is 0 Å². The molecule has 1 N–H and O–H groups in total. The van der Waals surface area contributed by atoms with E-state index in [0.29, 0.717) is 10.6 Å². The lowest BCUT2D eigenvalue weighted by atomic mass is 10.1. The fourth-order valence-electron chi connectivity index (χ4n) is 1.08. The largest absolute Gasteiger partial charge is 0.237 e. The first-order valence-electron chi connectivity index (χ1n) is 4.78. The number of azide groups is 1. The molecule has 0 saturated carbocycles. The molecule has 0 aliphatic carbocycles. The van der Waals surface area contributed by atoms with Crippen LogP contribution in [-0.4, -0.2) is 9.75 Å². The van der Waals surface area contributed by atoms with Gasteiger partial charge in [-0.15, -0.1) is 0 Å². The Labute approximate surface area is 97.1 Å². The fraction of sp³-hybridized carbons (Fsp3) is 0.400. The van der Waals surface area contributed by atoms with Crippen molar-refractivity contribution in [3.63, 3.8) is 0 Å². The average molecular weight is 238 g/mol. The van der Waals surface area contributed by atoms with Gasteiger partial charge in [0, 0.05) is 10.5 Å². The zero-order chi connectivity index (χ0) is 12.2. The predicted molar refractivity (Wildman–Crippen MR) is 64.5 cm³/mol. The molecule has 0 aliphatic rings. The fourth-order valence-corrected chi connectivity index (χ4v) is 2.24. The first-order valence-corrected chi connectivity index (χ1v) is 5.93. The van der Waals surface area contributed by atoms with E-state index in [-0.39, 0.29) is 5.54 Å². The Morgan fingerprint density at radius 1 is 1.38 bits per heavy atom. The normalized spacial score (nSPS) is 12.9. The first-order chi connectivity index (χ1) is 7.44. The van der Waals surface area contributed by atoms with Crippen molar-refractivity contribution in [3.05, 3.63) is 34.7 Å². The summed E-state index contributed by atoms with van der Waals surface area (Å²) < 4.78 is 14.9. The molecule has 0 heterocycles. The molecule has 0 aromatic heterocycles. The third-order valence-electron chi connectivity index (χ3n) is 1.62. The SMILES string of the molecule is CC(C)(C)NS(=O)c1ccccc1N=[N+]=[N-]. The highest BCUT2D eigenvalue weighted by atomic mass is 32.2. The summed E-state index contributed by atoms with van der Waals surface area (Å²) in [5.41, 5.74) is 8.52. The van der Waals surface area contributed by atoms with Gasteiger partial charge in [0.25, 0.3) is 0 Å². The van der Waals surface area contributed by atoms with Gasteiger partial charge in [0.1, 0.15) is 11.0 Å². The third kappa shape index (κ3) is 3.66. The maximum absolute atomic E-state index is 12.0. The molecule has 0 bridgehead atoms. The van der Waals surface area contributed by atoms with Gasteiger partial charge in [-0.05, 0) is 32.4 Å². The van der Waals surface area contributed by atoms with E-state index in [1.54, 1.807) is 24.3 Å². The van der Waals surface area contributed by atoms with E-state index in [1.807, 2.05) is 20.8 Å². The van der Waals surface area contributed by atoms with E-state index in [9.17, 15) is 4.21 Å². The van der Waals surface area contributed by atoms with Gasteiger partial charge in [-0.25, -0.2) is 8.93 Å². The molecular weight excluding hydrogens is 224 g/mol. The number of nitrogens with one attached hydrogen (secondary N) is 1. The van der Waals surface area contributed by atoms with Crippen molar-refractivity contribution in [1.82, 2.24) is 4.72 Å². The first kappa shape index (κ1) is 12.7. The summed E-state index contributed by atoms with van der Waals surface area (Å²) in [4.78, 5) is 3.20. The van der Waals surface area contributed by atoms with Crippen LogP contribution in [0, 0.1) is 0 Å². The Bertz CT molecular complexity index is 446. The highest BCUT2D eigenvalue weighted by molar-refractivity contribution is 7.83. The molecule has 16 heavy (non-hydrogen) atoms. The minimum absolute atomic E-state index is 0.270. The van der Waals surface area contributed by atoms with Crippen LogP contribution in [0.15, 0.2) is 34.3 Å². The molecule has 1 unspecified atom stereocenters. The lowest BCUT2D eigenvalue weighted by Crippen LogP contribution is -2.37. The maximum Gasteiger partial charge on any atom is 0.125 e. The van der Waals surface area contributed by atoms with Gasteiger partial charge in [0.05, 0.1) is 10.6 Å². The zero-order valence-corrected chi connectivity index (χ0v) is 10.3. The van der Waals surface area contributed by atoms with E-state index < -0.39 is 11.0 Å². The van der Waals surface area contributed by atoms with Crippen LogP contribution in [0.1, 0.15) is 20.8 Å². The van der Waals surface area contributed by atoms with Crippen molar-refractivity contribution in [2.24, 2.45) is 5.11 Å². The summed E-state index contributed by atoms with van der Waals surface area (Å²) >= 11 is 0. The summed E-state index contributed by atoms with van der Waals surface area (Å²) in [6, 6.07) is 6.81. The van der Waals surface area contributed by atoms with Gasteiger partial charge in [0.15, 0.2) is 0 Å². The van der Waals surface area contributed by atoms with E-state index >= 15 is 0 Å². The summed E-state index contributed by atoms with van der Waals surface area (Å²) in [6.07, 6.45) is 0. The topological polar surface area (TPSA) is 77.9 Å². The molecule has 6 heteroatoms. The average Bonchev–Trinajstić information content (AvgIpc) is 2.16. The molecule has 5 nitrogen and oxygen atoms in total. The molecule has 1 rings (SSSR count). The van der Waals surface area contributed by atoms with Crippen molar-refractivity contribution >= 4 is 16.7 Å². The molecule has 0 radical (unpaired) electrons. The predicted octanol–water partition coefficient (Wildman–Crippen LogP) is 3.04. The minimum atomic E-state index is -1.38. The lowest BCUT2D eigenvalue weighted by Gasteiger charge is -2.19. The Morgan fingerprint density at radius 2 is 2.00 bits per heavy atom. The van der Waals surface area contributed by atoms with Crippen LogP contribution in [0.3, 0.4) is 0 Å². The van der Waals surface area contributed by atoms with Crippen molar-refractivity contribution in [3.8, 4) is 0 Å². The quantitative estimate of drug-likeness (QED) is 0.490. The second-order valence-electron chi connectivity index (χ2n) is 4.28. The Kier molecular flexibility index (Phi) is 4.06. The zero-order valence-electron chi connectivity index (χ0n) is 9.47. The number of nitrogens with zero attached hydrogens (tertiary/aromatic N) is 3. The number of hydrogen-bond donors (Lipinski definition) is 1. The molecule has 1 atom stereocenters. The van der Waals surface area contributed by atoms with Crippen LogP contribution in [0.25, 0.3) is 10.4 Å². The van der Waals surface area contributed by atoms with Gasteiger partial charge in [-0.2, -0.15) is 0 Å². The van der Waals surface area contributed by atoms with E-state index in [1.165, 1.54) is 0 Å². The maximum atomic E-state index is 12.0. The van der Waals surface area contributed by atoms with Gasteiger partial charge in [-0.1, -0.05) is 23.3 Å². The molecule has 0 spiro atoms. The van der Waals surface area contributed by atoms with Gasteiger partial charge in [0.2, 0.25) is 0 Å². The molecule has 1 aromatic rings. The van der Waals surface area contributed by atoms with Crippen molar-refractivity contribution in [2.45, 2.75) is 31.2 Å². The number of benzene rings is 1. The second-order valence-corrected chi connectivity index (χ2v) is 5.46. The molecule has 0 amide bonds. The molecule has 0 saturated heterocycles. The second kappa shape index (κ2) is 5.12. The summed E-state index contributed by atoms with van der Waals surface area (Å²) in [6.45, 7) is 5.75. The number of rotatable bonds is 3. The van der Waals surface area contributed by atoms with Crippen LogP contribution in [0.5, 0.6) is 0 Å². The van der Waals surface area contributed by atoms with Gasteiger partial charge < -0.3 is 0 Å². The summed E-state index contributed by atoms with van der Waals surface area (Å²) in [5.74, 6) is 0.